The number of carbonyl (C=O) groups excluding carboxylic acids is 1. The maximum Gasteiger partial charge on any atom is 0.433 e. The molecule has 0 bridgehead atoms. The van der Waals surface area contributed by atoms with E-state index in [1.54, 1.807) is 0 Å². The first-order chi connectivity index (χ1) is 9.49. The topological polar surface area (TPSA) is 113 Å². The molecule has 2 amide bonds. The molecule has 1 heterocycles. The van der Waals surface area contributed by atoms with Gasteiger partial charge in [0.1, 0.15) is 4.92 Å². The van der Waals surface area contributed by atoms with E-state index in [2.05, 4.69) is 15.8 Å². The van der Waals surface area contributed by atoms with Gasteiger partial charge in [0.15, 0.2) is 5.76 Å². The highest BCUT2D eigenvalue weighted by Gasteiger charge is 2.10. The SMILES string of the molecule is CN(C)CCCNC(=O)NN=Cc1ccc([N+](=O)[O-])o1. The summed E-state index contributed by atoms with van der Waals surface area (Å²) in [4.78, 5) is 23.0. The summed E-state index contributed by atoms with van der Waals surface area (Å²) in [7, 11) is 3.90. The van der Waals surface area contributed by atoms with Crippen molar-refractivity contribution in [1.82, 2.24) is 15.6 Å². The summed E-state index contributed by atoms with van der Waals surface area (Å²) in [6, 6.07) is 2.15. The van der Waals surface area contributed by atoms with Gasteiger partial charge in [0.05, 0.1) is 12.3 Å². The standard InChI is InChI=1S/C11H17N5O4/c1-15(2)7-3-6-12-11(17)14-13-8-9-4-5-10(20-9)16(18)19/h4-5,8H,3,6-7H2,1-2H3,(H2,12,14,17). The first kappa shape index (κ1) is 15.6. The first-order valence-electron chi connectivity index (χ1n) is 5.95. The Bertz CT molecular complexity index is 483. The molecule has 1 rings (SSSR count). The largest absolute Gasteiger partial charge is 0.433 e. The van der Waals surface area contributed by atoms with Gasteiger partial charge in [-0.15, -0.1) is 0 Å². The Hall–Kier alpha value is -2.42. The number of urea groups is 1. The summed E-state index contributed by atoms with van der Waals surface area (Å²) in [6.07, 6.45) is 2.01. The van der Waals surface area contributed by atoms with Crippen molar-refractivity contribution < 1.29 is 14.1 Å². The van der Waals surface area contributed by atoms with Gasteiger partial charge in [0.2, 0.25) is 0 Å². The van der Waals surface area contributed by atoms with Gasteiger partial charge in [-0.25, -0.2) is 10.2 Å². The summed E-state index contributed by atoms with van der Waals surface area (Å²) in [5.41, 5.74) is 2.23. The number of hydrogen-bond donors (Lipinski definition) is 2. The number of furan rings is 1. The molecule has 110 valence electrons. The van der Waals surface area contributed by atoms with E-state index in [-0.39, 0.29) is 11.6 Å². The van der Waals surface area contributed by atoms with Crippen LogP contribution in [0, 0.1) is 10.1 Å². The predicted octanol–water partition coefficient (Wildman–Crippen LogP) is 0.773. The molecule has 0 spiro atoms. The molecule has 20 heavy (non-hydrogen) atoms. The van der Waals surface area contributed by atoms with Crippen molar-refractivity contribution in [3.63, 3.8) is 0 Å². The van der Waals surface area contributed by atoms with Gasteiger partial charge in [-0.2, -0.15) is 5.10 Å². The van der Waals surface area contributed by atoms with Crippen LogP contribution in [0.4, 0.5) is 10.7 Å². The zero-order valence-corrected chi connectivity index (χ0v) is 11.3. The van der Waals surface area contributed by atoms with Crippen molar-refractivity contribution in [2.45, 2.75) is 6.42 Å². The first-order valence-corrected chi connectivity index (χ1v) is 5.95. The van der Waals surface area contributed by atoms with Crippen LogP contribution in [0.5, 0.6) is 0 Å². The average molecular weight is 283 g/mol. The highest BCUT2D eigenvalue weighted by molar-refractivity contribution is 5.79. The van der Waals surface area contributed by atoms with E-state index in [1.165, 1.54) is 18.3 Å². The zero-order valence-electron chi connectivity index (χ0n) is 11.3. The molecule has 0 fully saturated rings. The molecule has 1 aromatic heterocycles. The van der Waals surface area contributed by atoms with Gasteiger partial charge < -0.3 is 14.6 Å². The molecular formula is C11H17N5O4. The Balaban J connectivity index is 2.25. The molecule has 0 aromatic carbocycles. The van der Waals surface area contributed by atoms with E-state index in [0.29, 0.717) is 6.54 Å². The van der Waals surface area contributed by atoms with Crippen molar-refractivity contribution in [3.8, 4) is 0 Å². The second-order valence-electron chi connectivity index (χ2n) is 4.22. The molecular weight excluding hydrogens is 266 g/mol. The van der Waals surface area contributed by atoms with E-state index in [0.717, 1.165) is 13.0 Å². The lowest BCUT2D eigenvalue weighted by Crippen LogP contribution is -2.34. The molecule has 9 nitrogen and oxygen atoms in total. The molecule has 0 aliphatic heterocycles. The van der Waals surface area contributed by atoms with Crippen LogP contribution in [-0.2, 0) is 0 Å². The number of hydrazone groups is 1. The summed E-state index contributed by atoms with van der Waals surface area (Å²) in [5.74, 6) is -0.191. The van der Waals surface area contributed by atoms with Gasteiger partial charge in [0.25, 0.3) is 0 Å². The summed E-state index contributed by atoms with van der Waals surface area (Å²) >= 11 is 0. The number of nitrogens with one attached hydrogen (secondary N) is 2. The van der Waals surface area contributed by atoms with E-state index >= 15 is 0 Å². The molecule has 1 aromatic rings. The molecule has 0 aliphatic carbocycles. The van der Waals surface area contributed by atoms with E-state index < -0.39 is 11.0 Å². The van der Waals surface area contributed by atoms with Gasteiger partial charge in [-0.1, -0.05) is 0 Å². The lowest BCUT2D eigenvalue weighted by atomic mass is 10.4. The van der Waals surface area contributed by atoms with E-state index in [1.807, 2.05) is 19.0 Å². The molecule has 9 heteroatoms. The number of amides is 2. The Kier molecular flexibility index (Phi) is 6.17. The highest BCUT2D eigenvalue weighted by atomic mass is 16.6. The van der Waals surface area contributed by atoms with Crippen LogP contribution >= 0.6 is 0 Å². The number of nitrogens with zero attached hydrogens (tertiary/aromatic N) is 3. The van der Waals surface area contributed by atoms with Crippen LogP contribution in [0.3, 0.4) is 0 Å². The second-order valence-corrected chi connectivity index (χ2v) is 4.22. The number of nitro groups is 1. The quantitative estimate of drug-likeness (QED) is 0.332. The molecule has 0 atom stereocenters. The zero-order chi connectivity index (χ0) is 15.0. The fourth-order valence-corrected chi connectivity index (χ4v) is 1.30. The molecule has 0 saturated heterocycles. The lowest BCUT2D eigenvalue weighted by Gasteiger charge is -2.09. The Morgan fingerprint density at radius 1 is 1.55 bits per heavy atom. The number of carbonyl (C=O) groups is 1. The highest BCUT2D eigenvalue weighted by Crippen LogP contribution is 2.13. The summed E-state index contributed by atoms with van der Waals surface area (Å²) in [5, 5.41) is 16.6. The van der Waals surface area contributed by atoms with Crippen molar-refractivity contribution in [2.24, 2.45) is 5.10 Å². The Morgan fingerprint density at radius 3 is 2.90 bits per heavy atom. The minimum absolute atomic E-state index is 0.185. The lowest BCUT2D eigenvalue weighted by molar-refractivity contribution is -0.402. The van der Waals surface area contributed by atoms with Crippen LogP contribution < -0.4 is 10.7 Å². The van der Waals surface area contributed by atoms with Crippen LogP contribution in [0.15, 0.2) is 21.7 Å². The van der Waals surface area contributed by atoms with Gasteiger partial charge in [-0.3, -0.25) is 10.1 Å². The number of hydrogen-bond acceptors (Lipinski definition) is 6. The van der Waals surface area contributed by atoms with E-state index in [4.69, 9.17) is 4.42 Å². The minimum Gasteiger partial charge on any atom is -0.400 e. The van der Waals surface area contributed by atoms with Crippen LogP contribution in [0.1, 0.15) is 12.2 Å². The Morgan fingerprint density at radius 2 is 2.30 bits per heavy atom. The van der Waals surface area contributed by atoms with Crippen LogP contribution in [0.2, 0.25) is 0 Å². The van der Waals surface area contributed by atoms with Gasteiger partial charge in [-0.05, 0) is 33.1 Å². The van der Waals surface area contributed by atoms with E-state index in [9.17, 15) is 14.9 Å². The predicted molar refractivity (Wildman–Crippen MR) is 72.7 cm³/mol. The fourth-order valence-electron chi connectivity index (χ4n) is 1.30. The summed E-state index contributed by atoms with van der Waals surface area (Å²) < 4.78 is 4.83. The smallest absolute Gasteiger partial charge is 0.400 e. The molecule has 0 unspecified atom stereocenters. The van der Waals surface area contributed by atoms with Gasteiger partial charge in [0, 0.05) is 6.54 Å². The molecule has 2 N–H and O–H groups in total. The van der Waals surface area contributed by atoms with Crippen molar-refractivity contribution in [3.05, 3.63) is 28.0 Å². The van der Waals surface area contributed by atoms with Crippen LogP contribution in [0.25, 0.3) is 0 Å². The molecule has 0 saturated carbocycles. The third-order valence-corrected chi connectivity index (χ3v) is 2.22. The summed E-state index contributed by atoms with van der Waals surface area (Å²) in [6.45, 7) is 1.41. The average Bonchev–Trinajstić information content (AvgIpc) is 2.83. The Labute approximate surface area is 115 Å². The van der Waals surface area contributed by atoms with Crippen molar-refractivity contribution >= 4 is 18.1 Å². The third-order valence-electron chi connectivity index (χ3n) is 2.22. The fraction of sp³-hybridized carbons (Fsp3) is 0.455. The number of rotatable bonds is 7. The maximum absolute atomic E-state index is 11.3. The van der Waals surface area contributed by atoms with Crippen molar-refractivity contribution in [2.75, 3.05) is 27.2 Å². The van der Waals surface area contributed by atoms with Crippen molar-refractivity contribution in [1.29, 1.82) is 0 Å². The minimum atomic E-state index is -0.651. The molecule has 0 radical (unpaired) electrons. The second kappa shape index (κ2) is 7.89. The molecule has 0 aliphatic rings. The third kappa shape index (κ3) is 5.96. The maximum atomic E-state index is 11.3. The normalized spacial score (nSPS) is 10.9. The monoisotopic (exact) mass is 283 g/mol. The van der Waals surface area contributed by atoms with Crippen LogP contribution in [-0.4, -0.2) is 49.3 Å². The van der Waals surface area contributed by atoms with Gasteiger partial charge >= 0.3 is 11.9 Å².